The highest BCUT2D eigenvalue weighted by Gasteiger charge is 2.19. The molecule has 0 bridgehead atoms. The number of hydrogen-bond donors (Lipinski definition) is 0. The molecule has 376 valence electrons. The quantitative estimate of drug-likeness (QED) is 0.0262. The van der Waals surface area contributed by atoms with E-state index in [4.69, 9.17) is 14.2 Å². The van der Waals surface area contributed by atoms with Crippen LogP contribution in [0.4, 0.5) is 0 Å². The van der Waals surface area contributed by atoms with E-state index in [1.807, 2.05) is 0 Å². The fraction of sp³-hybridized carbons (Fsp3) is 0.780. The summed E-state index contributed by atoms with van der Waals surface area (Å²) < 4.78 is 16.8. The molecule has 0 amide bonds. The van der Waals surface area contributed by atoms with E-state index in [2.05, 4.69) is 81.5 Å². The lowest BCUT2D eigenvalue weighted by Gasteiger charge is -2.18. The molecule has 0 rings (SSSR count). The van der Waals surface area contributed by atoms with E-state index in [0.717, 1.165) is 96.3 Å². The van der Waals surface area contributed by atoms with Crippen molar-refractivity contribution in [1.29, 1.82) is 0 Å². The third-order valence-corrected chi connectivity index (χ3v) is 12.0. The molecule has 0 aliphatic carbocycles. The second kappa shape index (κ2) is 53.7. The summed E-state index contributed by atoms with van der Waals surface area (Å²) in [6.07, 6.45) is 66.3. The molecule has 65 heavy (non-hydrogen) atoms. The first-order chi connectivity index (χ1) is 32.0. The number of allylic oxidation sites excluding steroid dienone is 10. The average molecular weight is 909 g/mol. The molecule has 6 heteroatoms. The fourth-order valence-corrected chi connectivity index (χ4v) is 7.88. The largest absolute Gasteiger partial charge is 0.462 e. The molecule has 0 aromatic carbocycles. The molecule has 0 N–H and O–H groups in total. The fourth-order valence-electron chi connectivity index (χ4n) is 7.88. The van der Waals surface area contributed by atoms with Crippen LogP contribution in [-0.2, 0) is 28.6 Å². The highest BCUT2D eigenvalue weighted by atomic mass is 16.6. The number of carbonyl (C=O) groups is 3. The second-order valence-electron chi connectivity index (χ2n) is 18.5. The van der Waals surface area contributed by atoms with E-state index in [1.54, 1.807) is 0 Å². The molecule has 6 nitrogen and oxygen atoms in total. The molecule has 0 radical (unpaired) electrons. The molecule has 0 aliphatic rings. The summed E-state index contributed by atoms with van der Waals surface area (Å²) in [4.78, 5) is 38.1. The third kappa shape index (κ3) is 51.9. The zero-order chi connectivity index (χ0) is 47.2. The average Bonchev–Trinajstić information content (AvgIpc) is 3.30. The first-order valence-electron chi connectivity index (χ1n) is 27.8. The maximum atomic E-state index is 12.8. The van der Waals surface area contributed by atoms with Crippen molar-refractivity contribution in [3.05, 3.63) is 60.8 Å². The highest BCUT2D eigenvalue weighted by Crippen LogP contribution is 2.16. The maximum Gasteiger partial charge on any atom is 0.306 e. The Bertz CT molecular complexity index is 1180. The first-order valence-corrected chi connectivity index (χ1v) is 27.8. The van der Waals surface area contributed by atoms with Gasteiger partial charge in [-0.05, 0) is 64.2 Å². The van der Waals surface area contributed by atoms with Gasteiger partial charge >= 0.3 is 17.9 Å². The summed E-state index contributed by atoms with van der Waals surface area (Å²) in [6, 6.07) is 0. The van der Waals surface area contributed by atoms with Gasteiger partial charge in [0, 0.05) is 19.3 Å². The van der Waals surface area contributed by atoms with Crippen molar-refractivity contribution < 1.29 is 28.6 Å². The SMILES string of the molecule is CC/C=C\C/C=C\C/C=C\C/C=C\C/C=C\CCCCCC(=O)OC[C@@H](COC(=O)CCCCCCCCCCCCCC)OC(=O)CCCCCCCCCCCCCCCCCC. The molecule has 0 unspecified atom stereocenters. The molecule has 0 spiro atoms. The van der Waals surface area contributed by atoms with E-state index in [0.29, 0.717) is 19.3 Å². The Hall–Kier alpha value is -2.89. The van der Waals surface area contributed by atoms with Crippen LogP contribution in [0.1, 0.15) is 278 Å². The van der Waals surface area contributed by atoms with E-state index >= 15 is 0 Å². The maximum absolute atomic E-state index is 12.8. The Morgan fingerprint density at radius 2 is 0.600 bits per heavy atom. The van der Waals surface area contributed by atoms with Gasteiger partial charge in [-0.15, -0.1) is 0 Å². The van der Waals surface area contributed by atoms with Crippen molar-refractivity contribution in [2.75, 3.05) is 13.2 Å². The van der Waals surface area contributed by atoms with Crippen LogP contribution in [0.5, 0.6) is 0 Å². The van der Waals surface area contributed by atoms with E-state index in [1.165, 1.54) is 141 Å². The molecule has 0 aromatic rings. The normalized spacial score (nSPS) is 12.5. The summed E-state index contributed by atoms with van der Waals surface area (Å²) in [5.74, 6) is -0.903. The minimum atomic E-state index is -0.784. The number of esters is 3. The van der Waals surface area contributed by atoms with Crippen LogP contribution >= 0.6 is 0 Å². The number of rotatable bonds is 50. The van der Waals surface area contributed by atoms with Gasteiger partial charge in [-0.2, -0.15) is 0 Å². The molecule has 0 heterocycles. The number of carbonyl (C=O) groups excluding carboxylic acids is 3. The van der Waals surface area contributed by atoms with Gasteiger partial charge in [0.2, 0.25) is 0 Å². The van der Waals surface area contributed by atoms with Crippen LogP contribution in [0, 0.1) is 0 Å². The number of unbranched alkanes of at least 4 members (excludes halogenated alkanes) is 29. The Kier molecular flexibility index (Phi) is 51.3. The van der Waals surface area contributed by atoms with E-state index in [9.17, 15) is 14.4 Å². The lowest BCUT2D eigenvalue weighted by atomic mass is 10.0. The highest BCUT2D eigenvalue weighted by molar-refractivity contribution is 5.71. The van der Waals surface area contributed by atoms with Crippen molar-refractivity contribution in [1.82, 2.24) is 0 Å². The van der Waals surface area contributed by atoms with Crippen LogP contribution < -0.4 is 0 Å². The predicted molar refractivity (Wildman–Crippen MR) is 279 cm³/mol. The molecule has 0 aromatic heterocycles. The van der Waals surface area contributed by atoms with Crippen LogP contribution in [0.15, 0.2) is 60.8 Å². The minimum absolute atomic E-state index is 0.0810. The summed E-state index contributed by atoms with van der Waals surface area (Å²) in [5, 5.41) is 0. The van der Waals surface area contributed by atoms with Crippen molar-refractivity contribution in [2.45, 2.75) is 284 Å². The Labute approximate surface area is 402 Å². The van der Waals surface area contributed by atoms with Gasteiger partial charge in [0.05, 0.1) is 0 Å². The molecule has 0 saturated heterocycles. The number of ether oxygens (including phenoxy) is 3. The van der Waals surface area contributed by atoms with Gasteiger partial charge in [0.15, 0.2) is 6.10 Å². The lowest BCUT2D eigenvalue weighted by Crippen LogP contribution is -2.30. The van der Waals surface area contributed by atoms with Gasteiger partial charge in [-0.1, -0.05) is 255 Å². The van der Waals surface area contributed by atoms with Crippen LogP contribution in [-0.4, -0.2) is 37.2 Å². The Morgan fingerprint density at radius 1 is 0.323 bits per heavy atom. The molecule has 0 fully saturated rings. The van der Waals surface area contributed by atoms with E-state index < -0.39 is 6.10 Å². The monoisotopic (exact) mass is 909 g/mol. The van der Waals surface area contributed by atoms with Gasteiger partial charge in [0.25, 0.3) is 0 Å². The summed E-state index contributed by atoms with van der Waals surface area (Å²) in [7, 11) is 0. The zero-order valence-electron chi connectivity index (χ0n) is 43.0. The molecular weight excluding hydrogens is 805 g/mol. The third-order valence-electron chi connectivity index (χ3n) is 12.0. The Morgan fingerprint density at radius 3 is 0.938 bits per heavy atom. The first kappa shape index (κ1) is 62.1. The van der Waals surface area contributed by atoms with Crippen molar-refractivity contribution in [2.24, 2.45) is 0 Å². The molecule has 0 aliphatic heterocycles. The number of hydrogen-bond acceptors (Lipinski definition) is 6. The predicted octanol–water partition coefficient (Wildman–Crippen LogP) is 18.4. The van der Waals surface area contributed by atoms with Gasteiger partial charge in [0.1, 0.15) is 13.2 Å². The standard InChI is InChI=1S/C59H104O6/c1-4-7-10-13-16-19-22-25-27-29-30-31-33-34-37-40-43-46-49-52-58(61)64-55-56(54-63-57(60)51-48-45-42-39-36-24-21-18-15-12-9-6-3)65-59(62)53-50-47-44-41-38-35-32-28-26-23-20-17-14-11-8-5-2/h7,10,16,19,25,27,30-31,34,37,56H,4-6,8-9,11-15,17-18,20-24,26,28-29,32-33,35-36,38-55H2,1-3H3/b10-7-,19-16-,27-25-,31-30-,37-34-/t56-/m1/s1. The van der Waals surface area contributed by atoms with Crippen molar-refractivity contribution >= 4 is 17.9 Å². The van der Waals surface area contributed by atoms with Crippen LogP contribution in [0.2, 0.25) is 0 Å². The van der Waals surface area contributed by atoms with Crippen LogP contribution in [0.25, 0.3) is 0 Å². The van der Waals surface area contributed by atoms with Crippen molar-refractivity contribution in [3.63, 3.8) is 0 Å². The molecule has 0 saturated carbocycles. The molecule has 1 atom stereocenters. The second-order valence-corrected chi connectivity index (χ2v) is 18.5. The summed E-state index contributed by atoms with van der Waals surface area (Å²) in [5.41, 5.74) is 0. The van der Waals surface area contributed by atoms with Crippen molar-refractivity contribution in [3.8, 4) is 0 Å². The van der Waals surface area contributed by atoms with Gasteiger partial charge in [-0.25, -0.2) is 0 Å². The molecular formula is C59H104O6. The topological polar surface area (TPSA) is 78.9 Å². The summed E-state index contributed by atoms with van der Waals surface area (Å²) in [6.45, 7) is 6.52. The van der Waals surface area contributed by atoms with Crippen LogP contribution in [0.3, 0.4) is 0 Å². The van der Waals surface area contributed by atoms with E-state index in [-0.39, 0.29) is 31.1 Å². The smallest absolute Gasteiger partial charge is 0.306 e. The van der Waals surface area contributed by atoms with Gasteiger partial charge < -0.3 is 14.2 Å². The van der Waals surface area contributed by atoms with Gasteiger partial charge in [-0.3, -0.25) is 14.4 Å². The lowest BCUT2D eigenvalue weighted by molar-refractivity contribution is -0.167. The Balaban J connectivity index is 4.40. The zero-order valence-corrected chi connectivity index (χ0v) is 43.0. The summed E-state index contributed by atoms with van der Waals surface area (Å²) >= 11 is 0. The minimum Gasteiger partial charge on any atom is -0.462 e.